The SMILES string of the molecule is COc1ccc(OC2CCN(C(=O)C(C)Oc3ccccc3)C2)nn1. The van der Waals surface area contributed by atoms with Gasteiger partial charge in [0.2, 0.25) is 11.8 Å². The normalized spacial score (nSPS) is 17.8. The zero-order valence-corrected chi connectivity index (χ0v) is 14.3. The van der Waals surface area contributed by atoms with Crippen molar-refractivity contribution in [2.24, 2.45) is 0 Å². The van der Waals surface area contributed by atoms with Crippen molar-refractivity contribution in [2.75, 3.05) is 20.2 Å². The molecule has 7 heteroatoms. The van der Waals surface area contributed by atoms with Crippen molar-refractivity contribution in [3.63, 3.8) is 0 Å². The topological polar surface area (TPSA) is 73.8 Å². The molecule has 0 saturated carbocycles. The Morgan fingerprint density at radius 2 is 1.88 bits per heavy atom. The Morgan fingerprint density at radius 1 is 1.16 bits per heavy atom. The zero-order chi connectivity index (χ0) is 17.6. The molecule has 2 unspecified atom stereocenters. The molecule has 7 nitrogen and oxygen atoms in total. The predicted octanol–water partition coefficient (Wildman–Crippen LogP) is 1.93. The fourth-order valence-electron chi connectivity index (χ4n) is 2.69. The number of ether oxygens (including phenoxy) is 3. The van der Waals surface area contributed by atoms with Crippen molar-refractivity contribution >= 4 is 5.91 Å². The Labute approximate surface area is 146 Å². The summed E-state index contributed by atoms with van der Waals surface area (Å²) in [5.74, 6) is 1.50. The van der Waals surface area contributed by atoms with Crippen molar-refractivity contribution in [2.45, 2.75) is 25.6 Å². The van der Waals surface area contributed by atoms with E-state index in [1.807, 2.05) is 30.3 Å². The van der Waals surface area contributed by atoms with E-state index in [1.54, 1.807) is 24.0 Å². The van der Waals surface area contributed by atoms with Crippen molar-refractivity contribution in [1.29, 1.82) is 0 Å². The molecule has 2 heterocycles. The molecule has 132 valence electrons. The molecular formula is C18H21N3O4. The Hall–Kier alpha value is -2.83. The number of carbonyl (C=O) groups excluding carboxylic acids is 1. The third-order valence-corrected chi connectivity index (χ3v) is 3.97. The summed E-state index contributed by atoms with van der Waals surface area (Å²) in [6.45, 7) is 2.91. The monoisotopic (exact) mass is 343 g/mol. The summed E-state index contributed by atoms with van der Waals surface area (Å²) in [6.07, 6.45) is 0.106. The van der Waals surface area contributed by atoms with Gasteiger partial charge in [0.05, 0.1) is 13.7 Å². The van der Waals surface area contributed by atoms with Crippen LogP contribution in [0.3, 0.4) is 0 Å². The largest absolute Gasteiger partial charge is 0.481 e. The lowest BCUT2D eigenvalue weighted by Crippen LogP contribution is -2.40. The number of para-hydroxylation sites is 1. The third kappa shape index (κ3) is 4.37. The molecule has 2 atom stereocenters. The number of methoxy groups -OCH3 is 1. The molecule has 0 radical (unpaired) electrons. The van der Waals surface area contributed by atoms with E-state index in [0.717, 1.165) is 6.42 Å². The Morgan fingerprint density at radius 3 is 2.56 bits per heavy atom. The first kappa shape index (κ1) is 17.0. The highest BCUT2D eigenvalue weighted by Gasteiger charge is 2.31. The first-order chi connectivity index (χ1) is 12.2. The number of hydrogen-bond acceptors (Lipinski definition) is 6. The molecule has 2 aromatic rings. The van der Waals surface area contributed by atoms with Gasteiger partial charge in [0, 0.05) is 25.1 Å². The maximum Gasteiger partial charge on any atom is 0.263 e. The molecule has 0 bridgehead atoms. The average molecular weight is 343 g/mol. The molecule has 0 aliphatic carbocycles. The Bertz CT molecular complexity index is 693. The molecule has 0 N–H and O–H groups in total. The lowest BCUT2D eigenvalue weighted by molar-refractivity contribution is -0.137. The van der Waals surface area contributed by atoms with Gasteiger partial charge in [-0.3, -0.25) is 4.79 Å². The van der Waals surface area contributed by atoms with Crippen LogP contribution in [0.1, 0.15) is 13.3 Å². The van der Waals surface area contributed by atoms with Gasteiger partial charge in [0.15, 0.2) is 6.10 Å². The first-order valence-corrected chi connectivity index (χ1v) is 8.20. The minimum Gasteiger partial charge on any atom is -0.481 e. The van der Waals surface area contributed by atoms with E-state index >= 15 is 0 Å². The molecule has 1 aromatic carbocycles. The summed E-state index contributed by atoms with van der Waals surface area (Å²) in [4.78, 5) is 14.3. The van der Waals surface area contributed by atoms with E-state index in [2.05, 4.69) is 10.2 Å². The number of benzene rings is 1. The molecule has 1 aliphatic rings. The van der Waals surface area contributed by atoms with Crippen molar-refractivity contribution in [3.8, 4) is 17.5 Å². The number of likely N-dealkylation sites (tertiary alicyclic amines) is 1. The maximum absolute atomic E-state index is 12.5. The highest BCUT2D eigenvalue weighted by atomic mass is 16.5. The van der Waals surface area contributed by atoms with Crippen molar-refractivity contribution in [1.82, 2.24) is 15.1 Å². The van der Waals surface area contributed by atoms with Crippen LogP contribution in [0, 0.1) is 0 Å². The Balaban J connectivity index is 1.51. The average Bonchev–Trinajstić information content (AvgIpc) is 3.11. The summed E-state index contributed by atoms with van der Waals surface area (Å²) < 4.78 is 16.5. The van der Waals surface area contributed by atoms with Gasteiger partial charge in [-0.2, -0.15) is 0 Å². The van der Waals surface area contributed by atoms with Gasteiger partial charge in [-0.25, -0.2) is 0 Å². The second-order valence-corrected chi connectivity index (χ2v) is 5.80. The fourth-order valence-corrected chi connectivity index (χ4v) is 2.69. The molecule has 1 aromatic heterocycles. The lowest BCUT2D eigenvalue weighted by Gasteiger charge is -2.21. The second kappa shape index (κ2) is 7.83. The van der Waals surface area contributed by atoms with Gasteiger partial charge < -0.3 is 19.1 Å². The molecule has 0 spiro atoms. The number of hydrogen-bond donors (Lipinski definition) is 0. The van der Waals surface area contributed by atoms with Gasteiger partial charge in [0.1, 0.15) is 11.9 Å². The number of carbonyl (C=O) groups is 1. The van der Waals surface area contributed by atoms with E-state index in [-0.39, 0.29) is 12.0 Å². The minimum atomic E-state index is -0.540. The summed E-state index contributed by atoms with van der Waals surface area (Å²) in [5.41, 5.74) is 0. The lowest BCUT2D eigenvalue weighted by atomic mass is 10.3. The van der Waals surface area contributed by atoms with Gasteiger partial charge in [-0.05, 0) is 19.1 Å². The molecule has 1 saturated heterocycles. The quantitative estimate of drug-likeness (QED) is 0.798. The van der Waals surface area contributed by atoms with Crippen molar-refractivity contribution < 1.29 is 19.0 Å². The van der Waals surface area contributed by atoms with E-state index in [9.17, 15) is 4.79 Å². The van der Waals surface area contributed by atoms with Crippen LogP contribution in [0.5, 0.6) is 17.5 Å². The van der Waals surface area contributed by atoms with Crippen molar-refractivity contribution in [3.05, 3.63) is 42.5 Å². The van der Waals surface area contributed by atoms with E-state index < -0.39 is 6.10 Å². The van der Waals surface area contributed by atoms with E-state index in [0.29, 0.717) is 30.6 Å². The number of nitrogens with zero attached hydrogens (tertiary/aromatic N) is 3. The number of rotatable bonds is 6. The van der Waals surface area contributed by atoms with Crippen LogP contribution in [0.2, 0.25) is 0 Å². The summed E-state index contributed by atoms with van der Waals surface area (Å²) in [7, 11) is 1.53. The predicted molar refractivity (Wildman–Crippen MR) is 90.7 cm³/mol. The summed E-state index contributed by atoms with van der Waals surface area (Å²) in [6, 6.07) is 12.7. The van der Waals surface area contributed by atoms with Gasteiger partial charge in [-0.1, -0.05) is 18.2 Å². The van der Waals surface area contributed by atoms with Gasteiger partial charge >= 0.3 is 0 Å². The standard InChI is InChI=1S/C18H21N3O4/c1-13(24-14-6-4-3-5-7-14)18(22)21-11-10-15(12-21)25-17-9-8-16(23-2)19-20-17/h3-9,13,15H,10-12H2,1-2H3. The zero-order valence-electron chi connectivity index (χ0n) is 14.3. The first-order valence-electron chi connectivity index (χ1n) is 8.20. The molecule has 1 fully saturated rings. The second-order valence-electron chi connectivity index (χ2n) is 5.80. The van der Waals surface area contributed by atoms with Gasteiger partial charge in [0.25, 0.3) is 5.91 Å². The highest BCUT2D eigenvalue weighted by Crippen LogP contribution is 2.19. The molecule has 1 amide bonds. The van der Waals surface area contributed by atoms with Gasteiger partial charge in [-0.15, -0.1) is 10.2 Å². The van der Waals surface area contributed by atoms with Crippen LogP contribution < -0.4 is 14.2 Å². The third-order valence-electron chi connectivity index (χ3n) is 3.97. The van der Waals surface area contributed by atoms with Crippen LogP contribution >= 0.6 is 0 Å². The highest BCUT2D eigenvalue weighted by molar-refractivity contribution is 5.81. The van der Waals surface area contributed by atoms with E-state index in [4.69, 9.17) is 14.2 Å². The minimum absolute atomic E-state index is 0.0456. The van der Waals surface area contributed by atoms with E-state index in [1.165, 1.54) is 7.11 Å². The molecule has 1 aliphatic heterocycles. The molecule has 3 rings (SSSR count). The summed E-state index contributed by atoms with van der Waals surface area (Å²) >= 11 is 0. The van der Waals surface area contributed by atoms with Crippen LogP contribution in [0.25, 0.3) is 0 Å². The molecular weight excluding hydrogens is 322 g/mol. The van der Waals surface area contributed by atoms with Crippen LogP contribution in [-0.4, -0.2) is 53.4 Å². The molecule has 25 heavy (non-hydrogen) atoms. The number of aromatic nitrogens is 2. The van der Waals surface area contributed by atoms with Crippen LogP contribution in [0.4, 0.5) is 0 Å². The smallest absolute Gasteiger partial charge is 0.263 e. The Kier molecular flexibility index (Phi) is 5.33. The number of amides is 1. The maximum atomic E-state index is 12.5. The van der Waals surface area contributed by atoms with Crippen LogP contribution in [0.15, 0.2) is 42.5 Å². The summed E-state index contributed by atoms with van der Waals surface area (Å²) in [5, 5.41) is 7.82. The van der Waals surface area contributed by atoms with Crippen LogP contribution in [-0.2, 0) is 4.79 Å². The fraction of sp³-hybridized carbons (Fsp3) is 0.389.